The van der Waals surface area contributed by atoms with Crippen LogP contribution in [0, 0.1) is 5.21 Å². The second-order valence-corrected chi connectivity index (χ2v) is 3.24. The Labute approximate surface area is 76.7 Å². The highest BCUT2D eigenvalue weighted by molar-refractivity contribution is 5.23. The van der Waals surface area contributed by atoms with Crippen molar-refractivity contribution in [2.75, 3.05) is 7.11 Å². The van der Waals surface area contributed by atoms with Crippen LogP contribution in [-0.4, -0.2) is 12.2 Å². The van der Waals surface area contributed by atoms with Crippen molar-refractivity contribution in [2.45, 2.75) is 25.7 Å². The molecule has 0 atom stereocenters. The molecule has 0 amide bonds. The van der Waals surface area contributed by atoms with Gasteiger partial charge in [0.25, 0.3) is 5.88 Å². The molecule has 0 N–H and O–H groups in total. The minimum Gasteiger partial charge on any atom is -0.594 e. The topological polar surface area (TPSA) is 49.1 Å². The van der Waals surface area contributed by atoms with Crippen LogP contribution >= 0.6 is 0 Å². The normalized spacial score (nSPS) is 15.2. The van der Waals surface area contributed by atoms with E-state index in [9.17, 15) is 5.21 Å². The summed E-state index contributed by atoms with van der Waals surface area (Å²) in [7, 11) is 1.53. The lowest BCUT2D eigenvalue weighted by Gasteiger charge is -2.13. The molecule has 0 aromatic carbocycles. The van der Waals surface area contributed by atoms with Crippen LogP contribution in [0.5, 0.6) is 5.88 Å². The van der Waals surface area contributed by atoms with Crippen LogP contribution in [0.15, 0.2) is 6.07 Å². The van der Waals surface area contributed by atoms with Crippen molar-refractivity contribution >= 4 is 0 Å². The largest absolute Gasteiger partial charge is 0.594 e. The lowest BCUT2D eigenvalue weighted by atomic mass is 9.97. The summed E-state index contributed by atoms with van der Waals surface area (Å²) in [5, 5.41) is 15.1. The van der Waals surface area contributed by atoms with Crippen molar-refractivity contribution in [3.8, 4) is 5.88 Å². The van der Waals surface area contributed by atoms with Crippen molar-refractivity contribution in [1.29, 1.82) is 0 Å². The highest BCUT2D eigenvalue weighted by Gasteiger charge is 2.20. The number of hydrogen-bond donors (Lipinski definition) is 0. The summed E-state index contributed by atoms with van der Waals surface area (Å²) in [5.41, 5.74) is 1.90. The van der Waals surface area contributed by atoms with E-state index in [1.807, 2.05) is 6.07 Å². The third-order valence-corrected chi connectivity index (χ3v) is 2.41. The van der Waals surface area contributed by atoms with Crippen molar-refractivity contribution in [3.05, 3.63) is 22.5 Å². The number of hydrogen-bond acceptors (Lipinski definition) is 3. The summed E-state index contributed by atoms with van der Waals surface area (Å²) in [6.45, 7) is 0. The van der Waals surface area contributed by atoms with Gasteiger partial charge in [-0.2, -0.15) is 0 Å². The zero-order valence-corrected chi connectivity index (χ0v) is 7.62. The Hall–Kier alpha value is -1.32. The minimum absolute atomic E-state index is 0.413. The lowest BCUT2D eigenvalue weighted by molar-refractivity contribution is -0.678. The van der Waals surface area contributed by atoms with Gasteiger partial charge in [-0.15, -0.1) is 0 Å². The van der Waals surface area contributed by atoms with Crippen LogP contribution < -0.4 is 9.58 Å². The highest BCUT2D eigenvalue weighted by atomic mass is 16.5. The monoisotopic (exact) mass is 180 g/mol. The van der Waals surface area contributed by atoms with E-state index in [0.717, 1.165) is 36.9 Å². The number of ether oxygens (including phenoxy) is 1. The molecule has 0 radical (unpaired) electrons. The predicted octanol–water partition coefficient (Wildman–Crippen LogP) is 0.602. The molecule has 0 fully saturated rings. The van der Waals surface area contributed by atoms with Crippen molar-refractivity contribution in [2.24, 2.45) is 0 Å². The first kappa shape index (κ1) is 8.29. The molecule has 13 heavy (non-hydrogen) atoms. The average molecular weight is 180 g/mol. The molecule has 1 aliphatic rings. The van der Waals surface area contributed by atoms with Gasteiger partial charge in [-0.05, 0) is 19.3 Å². The van der Waals surface area contributed by atoms with Crippen molar-refractivity contribution in [1.82, 2.24) is 5.10 Å². The number of methoxy groups -OCH3 is 1. The van der Waals surface area contributed by atoms with Gasteiger partial charge in [-0.25, -0.2) is 0 Å². The van der Waals surface area contributed by atoms with Gasteiger partial charge in [0.1, 0.15) is 0 Å². The summed E-state index contributed by atoms with van der Waals surface area (Å²) >= 11 is 0. The van der Waals surface area contributed by atoms with E-state index in [0.29, 0.717) is 10.7 Å². The first-order chi connectivity index (χ1) is 6.31. The second kappa shape index (κ2) is 3.20. The smallest absolute Gasteiger partial charge is 0.280 e. The zero-order valence-electron chi connectivity index (χ0n) is 7.62. The summed E-state index contributed by atoms with van der Waals surface area (Å²) in [6, 6.07) is 1.86. The lowest BCUT2D eigenvalue weighted by Crippen LogP contribution is -2.38. The number of aryl methyl sites for hydroxylation is 1. The zero-order chi connectivity index (χ0) is 9.26. The number of aromatic nitrogens is 2. The van der Waals surface area contributed by atoms with Crippen molar-refractivity contribution in [3.63, 3.8) is 0 Å². The molecule has 1 aliphatic carbocycles. The van der Waals surface area contributed by atoms with Crippen LogP contribution in [0.2, 0.25) is 0 Å². The number of rotatable bonds is 1. The van der Waals surface area contributed by atoms with E-state index in [1.165, 1.54) is 7.11 Å². The van der Waals surface area contributed by atoms with Crippen LogP contribution in [0.3, 0.4) is 0 Å². The van der Waals surface area contributed by atoms with Crippen molar-refractivity contribution < 1.29 is 9.58 Å². The van der Waals surface area contributed by atoms with Gasteiger partial charge in [0, 0.05) is 18.1 Å². The Morgan fingerprint density at radius 1 is 1.46 bits per heavy atom. The highest BCUT2D eigenvalue weighted by Crippen LogP contribution is 2.19. The summed E-state index contributed by atoms with van der Waals surface area (Å²) in [4.78, 5) is 0.702. The maximum absolute atomic E-state index is 11.4. The molecule has 0 saturated heterocycles. The molecule has 70 valence electrons. The maximum Gasteiger partial charge on any atom is 0.280 e. The van der Waals surface area contributed by atoms with Crippen LogP contribution in [0.4, 0.5) is 0 Å². The van der Waals surface area contributed by atoms with E-state index in [-0.39, 0.29) is 0 Å². The van der Waals surface area contributed by atoms with E-state index in [1.54, 1.807) is 0 Å². The Morgan fingerprint density at radius 2 is 2.23 bits per heavy atom. The second-order valence-electron chi connectivity index (χ2n) is 3.24. The fourth-order valence-corrected chi connectivity index (χ4v) is 1.71. The molecule has 0 saturated carbocycles. The Bertz CT molecular complexity index is 326. The fourth-order valence-electron chi connectivity index (χ4n) is 1.71. The third-order valence-electron chi connectivity index (χ3n) is 2.41. The van der Waals surface area contributed by atoms with E-state index >= 15 is 0 Å². The molecule has 1 heterocycles. The van der Waals surface area contributed by atoms with Gasteiger partial charge >= 0.3 is 0 Å². The van der Waals surface area contributed by atoms with Gasteiger partial charge in [-0.3, -0.25) is 0 Å². The standard InChI is InChI=1S/C9H12N2O2/c1-13-9-6-7-4-2-3-5-8(7)11(12)10-9/h6H,2-5H2,1H3. The maximum atomic E-state index is 11.4. The summed E-state index contributed by atoms with van der Waals surface area (Å²) in [5.74, 6) is 0.413. The fraction of sp³-hybridized carbons (Fsp3) is 0.556. The molecule has 0 spiro atoms. The first-order valence-corrected chi connectivity index (χ1v) is 4.48. The van der Waals surface area contributed by atoms with E-state index < -0.39 is 0 Å². The molecule has 0 unspecified atom stereocenters. The van der Waals surface area contributed by atoms with Gasteiger partial charge < -0.3 is 9.94 Å². The van der Waals surface area contributed by atoms with Gasteiger partial charge in [-0.1, -0.05) is 4.85 Å². The molecule has 1 aromatic heterocycles. The van der Waals surface area contributed by atoms with E-state index in [4.69, 9.17) is 4.74 Å². The Balaban J connectivity index is 2.47. The minimum atomic E-state index is 0.413. The number of fused-ring (bicyclic) bond motifs is 1. The third kappa shape index (κ3) is 1.43. The Morgan fingerprint density at radius 3 is 3.00 bits per heavy atom. The summed E-state index contributed by atoms with van der Waals surface area (Å²) in [6.07, 6.45) is 4.05. The molecule has 1 aromatic rings. The first-order valence-electron chi connectivity index (χ1n) is 4.48. The molecule has 0 aliphatic heterocycles. The SMILES string of the molecule is COc1cc2c([n+]([O-])n1)CCCC2. The molecular formula is C9H12N2O2. The quantitative estimate of drug-likeness (QED) is 0.469. The predicted molar refractivity (Wildman–Crippen MR) is 46.4 cm³/mol. The molecule has 4 nitrogen and oxygen atoms in total. The van der Waals surface area contributed by atoms with Gasteiger partial charge in [0.05, 0.1) is 12.2 Å². The van der Waals surface area contributed by atoms with Crippen LogP contribution in [-0.2, 0) is 12.8 Å². The molecule has 0 bridgehead atoms. The van der Waals surface area contributed by atoms with Gasteiger partial charge in [0.15, 0.2) is 0 Å². The Kier molecular flexibility index (Phi) is 2.04. The van der Waals surface area contributed by atoms with Gasteiger partial charge in [0.2, 0.25) is 5.69 Å². The molecule has 2 rings (SSSR count). The molecule has 4 heteroatoms. The van der Waals surface area contributed by atoms with Crippen LogP contribution in [0.1, 0.15) is 24.1 Å². The molecular weight excluding hydrogens is 168 g/mol. The van der Waals surface area contributed by atoms with E-state index in [2.05, 4.69) is 5.10 Å². The average Bonchev–Trinajstić information content (AvgIpc) is 2.18. The summed E-state index contributed by atoms with van der Waals surface area (Å²) < 4.78 is 4.93. The van der Waals surface area contributed by atoms with Crippen LogP contribution in [0.25, 0.3) is 0 Å². The number of nitrogens with zero attached hydrogens (tertiary/aromatic N) is 2.